The Hall–Kier alpha value is -2.03. The van der Waals surface area contributed by atoms with Crippen molar-refractivity contribution in [2.24, 2.45) is 0 Å². The van der Waals surface area contributed by atoms with Gasteiger partial charge in [0.05, 0.1) is 17.3 Å². The molecular weight excluding hydrogens is 512 g/mol. The Labute approximate surface area is 213 Å². The lowest BCUT2D eigenvalue weighted by Gasteiger charge is -2.26. The molecule has 2 rings (SSSR count). The van der Waals surface area contributed by atoms with E-state index in [4.69, 9.17) is 62.0 Å². The van der Waals surface area contributed by atoms with E-state index in [0.29, 0.717) is 19.8 Å². The smallest absolute Gasteiger partial charge is 0.356 e. The molecule has 3 N–H and O–H groups in total. The van der Waals surface area contributed by atoms with Gasteiger partial charge in [0.15, 0.2) is 10.8 Å². The zero-order chi connectivity index (χ0) is 25.1. The van der Waals surface area contributed by atoms with Crippen molar-refractivity contribution >= 4 is 69.7 Å². The van der Waals surface area contributed by atoms with E-state index in [0.717, 1.165) is 16.8 Å². The summed E-state index contributed by atoms with van der Waals surface area (Å²) in [5.41, 5.74) is 7.88. The molecule has 0 spiro atoms. The first-order valence-electron chi connectivity index (χ1n) is 9.76. The van der Waals surface area contributed by atoms with Gasteiger partial charge in [0.1, 0.15) is 10.9 Å². The molecule has 0 atom stereocenters. The zero-order valence-corrected chi connectivity index (χ0v) is 21.4. The monoisotopic (exact) mass is 535 g/mol. The topological polar surface area (TPSA) is 106 Å². The number of pyridine rings is 1. The molecule has 0 saturated heterocycles. The summed E-state index contributed by atoms with van der Waals surface area (Å²) in [4.78, 5) is 27.8. The highest BCUT2D eigenvalue weighted by Gasteiger charge is 2.20. The lowest BCUT2D eigenvalue weighted by atomic mass is 10.1. The summed E-state index contributed by atoms with van der Waals surface area (Å²) in [6.07, 6.45) is 0. The fourth-order valence-corrected chi connectivity index (χ4v) is 3.45. The Bertz CT molecular complexity index is 997. The number of rotatable bonds is 8. The Balaban J connectivity index is 0.000000361. The van der Waals surface area contributed by atoms with Crippen LogP contribution >= 0.6 is 46.4 Å². The number of halogens is 4. The first-order chi connectivity index (χ1) is 15.6. The normalized spacial score (nSPS) is 10.2. The molecule has 0 unspecified atom stereocenters. The lowest BCUT2D eigenvalue weighted by Crippen LogP contribution is -2.34. The lowest BCUT2D eigenvalue weighted by molar-refractivity contribution is -0.125. The van der Waals surface area contributed by atoms with Gasteiger partial charge in [-0.1, -0.05) is 70.7 Å². The number of benzene rings is 1. The van der Waals surface area contributed by atoms with Gasteiger partial charge < -0.3 is 20.5 Å². The number of carboxylic acids is 1. The van der Waals surface area contributed by atoms with Gasteiger partial charge in [-0.15, -0.1) is 11.6 Å². The number of nitrogens with zero attached hydrogens (tertiary/aromatic N) is 2. The quantitative estimate of drug-likeness (QED) is 0.248. The van der Waals surface area contributed by atoms with Crippen LogP contribution in [-0.4, -0.2) is 52.5 Å². The van der Waals surface area contributed by atoms with Crippen molar-refractivity contribution < 1.29 is 19.4 Å². The third-order valence-electron chi connectivity index (χ3n) is 4.14. The number of hydrogen-bond donors (Lipinski definition) is 2. The van der Waals surface area contributed by atoms with Crippen molar-refractivity contribution in [1.82, 2.24) is 9.88 Å². The molecule has 1 aromatic heterocycles. The second kappa shape index (κ2) is 14.3. The SMILES string of the molecule is CCOCCN(C(=O)CCl)C(=C(C)C)c1ccccc1.Nc1c(Cl)c(Cl)nc(C(=O)O)c1Cl. The molecule has 180 valence electrons. The Morgan fingerprint density at radius 2 is 1.73 bits per heavy atom. The van der Waals surface area contributed by atoms with E-state index in [-0.39, 0.29) is 32.7 Å². The highest BCUT2D eigenvalue weighted by atomic mass is 35.5. The van der Waals surface area contributed by atoms with Crippen LogP contribution in [0.15, 0.2) is 35.9 Å². The molecule has 11 heteroatoms. The number of carboxylic acid groups (broad SMARTS) is 1. The van der Waals surface area contributed by atoms with Crippen molar-refractivity contribution in [2.45, 2.75) is 20.8 Å². The average Bonchev–Trinajstić information content (AvgIpc) is 2.79. The maximum absolute atomic E-state index is 12.1. The Kier molecular flexibility index (Phi) is 12.5. The number of nitrogen functional groups attached to an aromatic ring is 1. The number of anilines is 1. The van der Waals surface area contributed by atoms with Crippen LogP contribution in [0.3, 0.4) is 0 Å². The molecule has 2 aromatic rings. The Morgan fingerprint density at radius 3 is 2.21 bits per heavy atom. The second-order valence-corrected chi connectivity index (χ2v) is 8.07. The van der Waals surface area contributed by atoms with E-state index in [1.54, 1.807) is 4.90 Å². The summed E-state index contributed by atoms with van der Waals surface area (Å²) in [5.74, 6) is -1.45. The van der Waals surface area contributed by atoms with Crippen molar-refractivity contribution in [3.05, 3.63) is 62.4 Å². The van der Waals surface area contributed by atoms with Crippen LogP contribution in [-0.2, 0) is 9.53 Å². The molecule has 0 aliphatic rings. The Morgan fingerprint density at radius 1 is 1.12 bits per heavy atom. The van der Waals surface area contributed by atoms with Crippen LogP contribution in [0.2, 0.25) is 15.2 Å². The molecule has 0 saturated carbocycles. The van der Waals surface area contributed by atoms with Gasteiger partial charge >= 0.3 is 5.97 Å². The number of hydrogen-bond acceptors (Lipinski definition) is 5. The van der Waals surface area contributed by atoms with Crippen LogP contribution in [0.4, 0.5) is 5.69 Å². The maximum atomic E-state index is 12.1. The standard InChI is InChI=1S/C16H22ClNO2.C6H3Cl3N2O2/c1-4-20-11-10-18(15(19)12-17)16(13(2)3)14-8-6-5-7-9-14;7-1-3(10)2(8)5(9)11-4(1)6(12)13/h5-9H,4,10-12H2,1-3H3;(H2,10,11)(H,12,13). The van der Waals surface area contributed by atoms with E-state index >= 15 is 0 Å². The van der Waals surface area contributed by atoms with Gasteiger partial charge in [-0.05, 0) is 26.3 Å². The molecule has 0 radical (unpaired) electrons. The summed E-state index contributed by atoms with van der Waals surface area (Å²) in [5, 5.41) is 8.17. The van der Waals surface area contributed by atoms with Crippen molar-refractivity contribution in [1.29, 1.82) is 0 Å². The number of aromatic nitrogens is 1. The number of carbonyl (C=O) groups excluding carboxylic acids is 1. The predicted octanol–water partition coefficient (Wildman–Crippen LogP) is 5.86. The fraction of sp³-hybridized carbons (Fsp3) is 0.318. The van der Waals surface area contributed by atoms with Crippen LogP contribution in [0, 0.1) is 0 Å². The first-order valence-corrected chi connectivity index (χ1v) is 11.4. The minimum absolute atomic E-state index is 0.0320. The van der Waals surface area contributed by atoms with E-state index in [1.807, 2.05) is 51.1 Å². The first kappa shape index (κ1) is 29.0. The van der Waals surface area contributed by atoms with Gasteiger partial charge in [0, 0.05) is 18.8 Å². The number of allylic oxidation sites excluding steroid dienone is 1. The van der Waals surface area contributed by atoms with Crippen LogP contribution in [0.25, 0.3) is 5.70 Å². The van der Waals surface area contributed by atoms with Gasteiger partial charge in [0.25, 0.3) is 0 Å². The molecular formula is C22H25Cl4N3O4. The van der Waals surface area contributed by atoms with E-state index in [1.165, 1.54) is 0 Å². The van der Waals surface area contributed by atoms with Crippen LogP contribution < -0.4 is 5.73 Å². The minimum atomic E-state index is -1.31. The average molecular weight is 537 g/mol. The molecule has 0 aliphatic heterocycles. The second-order valence-electron chi connectivity index (χ2n) is 6.69. The summed E-state index contributed by atoms with van der Waals surface area (Å²) in [6, 6.07) is 9.88. The van der Waals surface area contributed by atoms with Crippen molar-refractivity contribution in [3.63, 3.8) is 0 Å². The van der Waals surface area contributed by atoms with Gasteiger partial charge in [-0.25, -0.2) is 9.78 Å². The van der Waals surface area contributed by atoms with Gasteiger partial charge in [0.2, 0.25) is 5.91 Å². The summed E-state index contributed by atoms with van der Waals surface area (Å²) in [7, 11) is 0. The molecule has 1 amide bonds. The largest absolute Gasteiger partial charge is 0.476 e. The van der Waals surface area contributed by atoms with E-state index in [9.17, 15) is 9.59 Å². The number of carbonyl (C=O) groups is 2. The number of alkyl halides is 1. The number of amides is 1. The number of aromatic carboxylic acids is 1. The third-order valence-corrected chi connectivity index (χ3v) is 5.51. The summed E-state index contributed by atoms with van der Waals surface area (Å²) < 4.78 is 5.36. The molecule has 7 nitrogen and oxygen atoms in total. The summed E-state index contributed by atoms with van der Waals surface area (Å²) in [6.45, 7) is 7.58. The molecule has 33 heavy (non-hydrogen) atoms. The predicted molar refractivity (Wildman–Crippen MR) is 134 cm³/mol. The van der Waals surface area contributed by atoms with Crippen LogP contribution in [0.1, 0.15) is 36.8 Å². The van der Waals surface area contributed by atoms with Crippen LogP contribution in [0.5, 0.6) is 0 Å². The molecule has 0 bridgehead atoms. The van der Waals surface area contributed by atoms with E-state index < -0.39 is 11.7 Å². The minimum Gasteiger partial charge on any atom is -0.476 e. The fourth-order valence-electron chi connectivity index (χ4n) is 2.72. The van der Waals surface area contributed by atoms with Gasteiger partial charge in [-0.3, -0.25) is 4.79 Å². The third kappa shape index (κ3) is 8.36. The zero-order valence-electron chi connectivity index (χ0n) is 18.4. The van der Waals surface area contributed by atoms with Crippen molar-refractivity contribution in [2.75, 3.05) is 31.4 Å². The molecule has 1 heterocycles. The highest BCUT2D eigenvalue weighted by molar-refractivity contribution is 6.46. The van der Waals surface area contributed by atoms with Gasteiger partial charge in [-0.2, -0.15) is 0 Å². The molecule has 0 aliphatic carbocycles. The number of ether oxygens (including phenoxy) is 1. The van der Waals surface area contributed by atoms with Crippen molar-refractivity contribution in [3.8, 4) is 0 Å². The number of nitrogens with two attached hydrogens (primary N) is 1. The van der Waals surface area contributed by atoms with E-state index in [2.05, 4.69) is 4.98 Å². The molecule has 1 aromatic carbocycles. The molecule has 0 fully saturated rings. The summed E-state index contributed by atoms with van der Waals surface area (Å²) >= 11 is 22.3. The maximum Gasteiger partial charge on any atom is 0.356 e. The highest BCUT2D eigenvalue weighted by Crippen LogP contribution is 2.34.